The van der Waals surface area contributed by atoms with Gasteiger partial charge in [-0.1, -0.05) is 30.3 Å². The van der Waals surface area contributed by atoms with Crippen LogP contribution in [0, 0.1) is 5.92 Å². The Hall–Kier alpha value is -1.51. The molecule has 0 aliphatic carbocycles. The second-order valence-corrected chi connectivity index (χ2v) is 4.68. The summed E-state index contributed by atoms with van der Waals surface area (Å²) < 4.78 is 0. The van der Waals surface area contributed by atoms with Gasteiger partial charge in [0.05, 0.1) is 0 Å². The Kier molecular flexibility index (Phi) is 4.02. The van der Waals surface area contributed by atoms with Crippen molar-refractivity contribution in [2.75, 3.05) is 20.1 Å². The molecular weight excluding hydrogens is 212 g/mol. The van der Waals surface area contributed by atoms with Crippen molar-refractivity contribution in [2.45, 2.75) is 19.3 Å². The highest BCUT2D eigenvalue weighted by atomic mass is 16.2. The fraction of sp³-hybridized carbons (Fsp3) is 0.500. The Bertz CT molecular complexity index is 356. The summed E-state index contributed by atoms with van der Waals surface area (Å²) in [6.07, 6.45) is 3.37. The first-order valence-electron chi connectivity index (χ1n) is 6.30. The van der Waals surface area contributed by atoms with Gasteiger partial charge in [0.1, 0.15) is 0 Å². The van der Waals surface area contributed by atoms with E-state index in [2.05, 4.69) is 35.6 Å². The standard InChI is InChI=1S/C14H20N2O/c1-15-14(17)16-9-7-13(8-10-16)11-12-5-3-2-4-6-12/h2-6,13H,7-11H2,1H3,(H,15,17). The fourth-order valence-corrected chi connectivity index (χ4v) is 2.45. The molecule has 0 bridgehead atoms. The molecule has 1 aliphatic heterocycles. The Morgan fingerprint density at radius 3 is 2.53 bits per heavy atom. The Labute approximate surface area is 103 Å². The van der Waals surface area contributed by atoms with Crippen LogP contribution in [0.1, 0.15) is 18.4 Å². The van der Waals surface area contributed by atoms with Crippen LogP contribution in [0.4, 0.5) is 4.79 Å². The van der Waals surface area contributed by atoms with E-state index >= 15 is 0 Å². The van der Waals surface area contributed by atoms with Gasteiger partial charge in [-0.25, -0.2) is 4.79 Å². The van der Waals surface area contributed by atoms with Crippen LogP contribution in [0.15, 0.2) is 30.3 Å². The molecular formula is C14H20N2O. The molecule has 0 atom stereocenters. The van der Waals surface area contributed by atoms with Gasteiger partial charge in [0.25, 0.3) is 0 Å². The van der Waals surface area contributed by atoms with Crippen molar-refractivity contribution >= 4 is 6.03 Å². The van der Waals surface area contributed by atoms with E-state index in [9.17, 15) is 4.79 Å². The molecule has 1 aromatic carbocycles. The maximum absolute atomic E-state index is 11.4. The average molecular weight is 232 g/mol. The van der Waals surface area contributed by atoms with Crippen molar-refractivity contribution in [3.05, 3.63) is 35.9 Å². The summed E-state index contributed by atoms with van der Waals surface area (Å²) in [5, 5.41) is 2.69. The minimum Gasteiger partial charge on any atom is -0.341 e. The smallest absolute Gasteiger partial charge is 0.317 e. The zero-order valence-corrected chi connectivity index (χ0v) is 10.4. The summed E-state index contributed by atoms with van der Waals surface area (Å²) in [5.74, 6) is 0.721. The lowest BCUT2D eigenvalue weighted by atomic mass is 9.90. The number of nitrogens with zero attached hydrogens (tertiary/aromatic N) is 1. The summed E-state index contributed by atoms with van der Waals surface area (Å²) >= 11 is 0. The summed E-state index contributed by atoms with van der Waals surface area (Å²) in [7, 11) is 1.69. The van der Waals surface area contributed by atoms with Crippen molar-refractivity contribution in [2.24, 2.45) is 5.92 Å². The summed E-state index contributed by atoms with van der Waals surface area (Å²) in [5.41, 5.74) is 1.41. The van der Waals surface area contributed by atoms with Crippen LogP contribution in [0.3, 0.4) is 0 Å². The number of rotatable bonds is 2. The van der Waals surface area contributed by atoms with Crippen LogP contribution < -0.4 is 5.32 Å². The molecule has 0 aromatic heterocycles. The minimum absolute atomic E-state index is 0.0585. The van der Waals surface area contributed by atoms with Crippen LogP contribution in [-0.2, 0) is 6.42 Å². The van der Waals surface area contributed by atoms with Gasteiger partial charge in [-0.15, -0.1) is 0 Å². The molecule has 1 aliphatic rings. The first-order valence-corrected chi connectivity index (χ1v) is 6.30. The zero-order chi connectivity index (χ0) is 12.1. The fourth-order valence-electron chi connectivity index (χ4n) is 2.45. The number of benzene rings is 1. The highest BCUT2D eigenvalue weighted by molar-refractivity contribution is 5.73. The number of nitrogens with one attached hydrogen (secondary N) is 1. The molecule has 2 amide bonds. The van der Waals surface area contributed by atoms with Gasteiger partial charge in [-0.3, -0.25) is 0 Å². The largest absolute Gasteiger partial charge is 0.341 e. The quantitative estimate of drug-likeness (QED) is 0.833. The number of carbonyl (C=O) groups is 1. The molecule has 0 spiro atoms. The topological polar surface area (TPSA) is 32.3 Å². The van der Waals surface area contributed by atoms with Crippen molar-refractivity contribution in [1.29, 1.82) is 0 Å². The SMILES string of the molecule is CNC(=O)N1CCC(Cc2ccccc2)CC1. The molecule has 17 heavy (non-hydrogen) atoms. The van der Waals surface area contributed by atoms with Crippen LogP contribution in [0.5, 0.6) is 0 Å². The molecule has 0 unspecified atom stereocenters. The normalized spacial score (nSPS) is 16.9. The number of likely N-dealkylation sites (tertiary alicyclic amines) is 1. The van der Waals surface area contributed by atoms with Crippen LogP contribution in [0.25, 0.3) is 0 Å². The molecule has 0 radical (unpaired) electrons. The van der Waals surface area contributed by atoms with Gasteiger partial charge in [-0.05, 0) is 30.7 Å². The third-order valence-corrected chi connectivity index (χ3v) is 3.48. The number of urea groups is 1. The Balaban J connectivity index is 1.82. The van der Waals surface area contributed by atoms with E-state index in [1.54, 1.807) is 7.05 Å². The van der Waals surface area contributed by atoms with Gasteiger partial charge in [-0.2, -0.15) is 0 Å². The van der Waals surface area contributed by atoms with Gasteiger partial charge in [0.2, 0.25) is 0 Å². The van der Waals surface area contributed by atoms with E-state index < -0.39 is 0 Å². The van der Waals surface area contributed by atoms with Crippen LogP contribution in [0.2, 0.25) is 0 Å². The van der Waals surface area contributed by atoms with Crippen LogP contribution >= 0.6 is 0 Å². The van der Waals surface area contributed by atoms with Crippen LogP contribution in [-0.4, -0.2) is 31.1 Å². The summed E-state index contributed by atoms with van der Waals surface area (Å²) in [6, 6.07) is 10.7. The highest BCUT2D eigenvalue weighted by Gasteiger charge is 2.21. The Morgan fingerprint density at radius 2 is 1.94 bits per heavy atom. The monoisotopic (exact) mass is 232 g/mol. The van der Waals surface area contributed by atoms with Crippen molar-refractivity contribution in [1.82, 2.24) is 10.2 Å². The summed E-state index contributed by atoms with van der Waals surface area (Å²) in [6.45, 7) is 1.77. The lowest BCUT2D eigenvalue weighted by Gasteiger charge is -2.31. The number of piperidine rings is 1. The van der Waals surface area contributed by atoms with E-state index in [1.165, 1.54) is 5.56 Å². The molecule has 1 N–H and O–H groups in total. The molecule has 0 saturated carbocycles. The molecule has 1 fully saturated rings. The lowest BCUT2D eigenvalue weighted by molar-refractivity contribution is 0.172. The number of amides is 2. The second kappa shape index (κ2) is 5.71. The first kappa shape index (κ1) is 12.0. The average Bonchev–Trinajstić information content (AvgIpc) is 2.40. The Morgan fingerprint density at radius 1 is 1.29 bits per heavy atom. The molecule has 92 valence electrons. The van der Waals surface area contributed by atoms with Gasteiger partial charge >= 0.3 is 6.03 Å². The zero-order valence-electron chi connectivity index (χ0n) is 10.4. The third-order valence-electron chi connectivity index (χ3n) is 3.48. The van der Waals surface area contributed by atoms with Crippen molar-refractivity contribution in [3.63, 3.8) is 0 Å². The molecule has 3 heteroatoms. The lowest BCUT2D eigenvalue weighted by Crippen LogP contribution is -2.43. The number of carbonyl (C=O) groups excluding carboxylic acids is 1. The summed E-state index contributed by atoms with van der Waals surface area (Å²) in [4.78, 5) is 13.4. The van der Waals surface area contributed by atoms with E-state index in [4.69, 9.17) is 0 Å². The van der Waals surface area contributed by atoms with E-state index in [1.807, 2.05) is 4.90 Å². The van der Waals surface area contributed by atoms with Gasteiger partial charge in [0.15, 0.2) is 0 Å². The third kappa shape index (κ3) is 3.22. The van der Waals surface area contributed by atoms with Gasteiger partial charge < -0.3 is 10.2 Å². The predicted octanol–water partition coefficient (Wildman–Crippen LogP) is 2.28. The molecule has 3 nitrogen and oxygen atoms in total. The molecule has 1 saturated heterocycles. The van der Waals surface area contributed by atoms with Gasteiger partial charge in [0, 0.05) is 20.1 Å². The van der Waals surface area contributed by atoms with Crippen molar-refractivity contribution in [3.8, 4) is 0 Å². The number of hydrogen-bond donors (Lipinski definition) is 1. The predicted molar refractivity (Wildman–Crippen MR) is 68.9 cm³/mol. The van der Waals surface area contributed by atoms with E-state index in [0.29, 0.717) is 0 Å². The van der Waals surface area contributed by atoms with E-state index in [0.717, 1.165) is 38.3 Å². The highest BCUT2D eigenvalue weighted by Crippen LogP contribution is 2.21. The maximum atomic E-state index is 11.4. The molecule has 1 heterocycles. The van der Waals surface area contributed by atoms with E-state index in [-0.39, 0.29) is 6.03 Å². The molecule has 1 aromatic rings. The minimum atomic E-state index is 0.0585. The maximum Gasteiger partial charge on any atom is 0.317 e. The van der Waals surface area contributed by atoms with Crippen molar-refractivity contribution < 1.29 is 4.79 Å². The molecule has 2 rings (SSSR count). The number of hydrogen-bond acceptors (Lipinski definition) is 1. The second-order valence-electron chi connectivity index (χ2n) is 4.68. The first-order chi connectivity index (χ1) is 8.29.